The highest BCUT2D eigenvalue weighted by molar-refractivity contribution is 6.17. The van der Waals surface area contributed by atoms with Gasteiger partial charge in [0.05, 0.1) is 16.8 Å². The van der Waals surface area contributed by atoms with Crippen LogP contribution in [0.25, 0.3) is 16.5 Å². The van der Waals surface area contributed by atoms with Crippen LogP contribution >= 0.6 is 0 Å². The maximum Gasteiger partial charge on any atom is 0.339 e. The first kappa shape index (κ1) is 18.9. The third-order valence-electron chi connectivity index (χ3n) is 5.15. The van der Waals surface area contributed by atoms with Gasteiger partial charge in [-0.3, -0.25) is 4.79 Å². The van der Waals surface area contributed by atoms with E-state index in [1.54, 1.807) is 0 Å². The molecule has 0 bridgehead atoms. The Kier molecular flexibility index (Phi) is 4.26. The number of carboxylic acids is 1. The van der Waals surface area contributed by atoms with E-state index >= 15 is 0 Å². The van der Waals surface area contributed by atoms with Gasteiger partial charge >= 0.3 is 5.97 Å². The molecule has 0 atom stereocenters. The van der Waals surface area contributed by atoms with Crippen LogP contribution in [0.2, 0.25) is 0 Å². The summed E-state index contributed by atoms with van der Waals surface area (Å²) in [5, 5.41) is 10.7. The minimum absolute atomic E-state index is 0.0907. The van der Waals surface area contributed by atoms with Gasteiger partial charge in [0.15, 0.2) is 0 Å². The number of carbonyl (C=O) groups is 2. The Morgan fingerprint density at radius 1 is 1.14 bits per heavy atom. The van der Waals surface area contributed by atoms with Gasteiger partial charge < -0.3 is 15.0 Å². The SMILES string of the molecule is CC1(C)CN(C(=O)c2cc(F)ccc2F)C=C(C(=O)O)c2[nH]c3ccccc3c21. The first-order valence-corrected chi connectivity index (χ1v) is 9.02. The number of nitrogens with zero attached hydrogens (tertiary/aromatic N) is 1. The van der Waals surface area contributed by atoms with Crippen molar-refractivity contribution in [1.82, 2.24) is 9.88 Å². The van der Waals surface area contributed by atoms with Gasteiger partial charge in [0, 0.05) is 29.1 Å². The standard InChI is InChI=1S/C22H18F2N2O3/c1-22(2)11-26(20(27)14-9-12(23)7-8-16(14)24)10-15(21(28)29)19-18(22)13-5-3-4-6-17(13)25-19/h3-10,25H,11H2,1-2H3,(H,28,29). The van der Waals surface area contributed by atoms with E-state index in [2.05, 4.69) is 4.98 Å². The van der Waals surface area contributed by atoms with Gasteiger partial charge in [-0.15, -0.1) is 0 Å². The van der Waals surface area contributed by atoms with Crippen molar-refractivity contribution in [2.45, 2.75) is 19.3 Å². The molecule has 2 heterocycles. The van der Waals surface area contributed by atoms with Gasteiger partial charge in [0.2, 0.25) is 0 Å². The lowest BCUT2D eigenvalue weighted by atomic mass is 9.81. The summed E-state index contributed by atoms with van der Waals surface area (Å²) in [7, 11) is 0. The molecule has 0 aliphatic carbocycles. The van der Waals surface area contributed by atoms with E-state index in [9.17, 15) is 23.5 Å². The van der Waals surface area contributed by atoms with Crippen LogP contribution in [0, 0.1) is 11.6 Å². The van der Waals surface area contributed by atoms with E-state index in [-0.39, 0.29) is 12.1 Å². The summed E-state index contributed by atoms with van der Waals surface area (Å²) < 4.78 is 27.8. The molecular formula is C22H18F2N2O3. The number of aromatic amines is 1. The molecule has 0 saturated carbocycles. The van der Waals surface area contributed by atoms with Crippen LogP contribution in [0.5, 0.6) is 0 Å². The first-order chi connectivity index (χ1) is 13.7. The zero-order valence-electron chi connectivity index (χ0n) is 15.8. The fourth-order valence-corrected chi connectivity index (χ4v) is 3.93. The monoisotopic (exact) mass is 396 g/mol. The van der Waals surface area contributed by atoms with E-state index in [0.717, 1.165) is 39.6 Å². The van der Waals surface area contributed by atoms with E-state index in [0.29, 0.717) is 5.69 Å². The Balaban J connectivity index is 1.91. The number of H-pyrrole nitrogens is 1. The second kappa shape index (κ2) is 6.55. The molecule has 0 saturated heterocycles. The first-order valence-electron chi connectivity index (χ1n) is 9.02. The Hall–Kier alpha value is -3.48. The third kappa shape index (κ3) is 3.08. The van der Waals surface area contributed by atoms with Crippen LogP contribution in [0.4, 0.5) is 8.78 Å². The predicted molar refractivity (Wildman–Crippen MR) is 104 cm³/mol. The molecule has 29 heavy (non-hydrogen) atoms. The molecule has 5 nitrogen and oxygen atoms in total. The van der Waals surface area contributed by atoms with Crippen LogP contribution in [-0.2, 0) is 10.2 Å². The summed E-state index contributed by atoms with van der Waals surface area (Å²) in [6, 6.07) is 10.1. The van der Waals surface area contributed by atoms with Crippen LogP contribution in [0.15, 0.2) is 48.7 Å². The number of benzene rings is 2. The fourth-order valence-electron chi connectivity index (χ4n) is 3.93. The van der Waals surface area contributed by atoms with Gasteiger partial charge in [-0.1, -0.05) is 32.0 Å². The number of aliphatic carboxylic acids is 1. The van der Waals surface area contributed by atoms with Gasteiger partial charge in [-0.2, -0.15) is 0 Å². The number of halogens is 2. The number of nitrogens with one attached hydrogen (secondary N) is 1. The molecule has 148 valence electrons. The smallest absolute Gasteiger partial charge is 0.339 e. The molecule has 0 radical (unpaired) electrons. The lowest BCUT2D eigenvalue weighted by molar-refractivity contribution is -0.130. The van der Waals surface area contributed by atoms with Crippen molar-refractivity contribution < 1.29 is 23.5 Å². The van der Waals surface area contributed by atoms with Crippen LogP contribution in [0.1, 0.15) is 35.5 Å². The average Bonchev–Trinajstić information content (AvgIpc) is 3.00. The highest BCUT2D eigenvalue weighted by atomic mass is 19.1. The highest BCUT2D eigenvalue weighted by Crippen LogP contribution is 2.40. The molecule has 1 aliphatic rings. The maximum absolute atomic E-state index is 14.2. The van der Waals surface area contributed by atoms with E-state index in [4.69, 9.17) is 0 Å². The normalized spacial score (nSPS) is 15.6. The van der Waals surface area contributed by atoms with Gasteiger partial charge in [0.1, 0.15) is 11.6 Å². The van der Waals surface area contributed by atoms with E-state index in [1.807, 2.05) is 38.1 Å². The second-order valence-corrected chi connectivity index (χ2v) is 7.71. The lowest BCUT2D eigenvalue weighted by Crippen LogP contribution is -2.37. The second-order valence-electron chi connectivity index (χ2n) is 7.71. The van der Waals surface area contributed by atoms with Crippen molar-refractivity contribution in [3.63, 3.8) is 0 Å². The van der Waals surface area contributed by atoms with Crippen molar-refractivity contribution >= 4 is 28.4 Å². The number of carboxylic acid groups (broad SMARTS) is 1. The number of carbonyl (C=O) groups excluding carboxylic acids is 1. The quantitative estimate of drug-likeness (QED) is 0.678. The topological polar surface area (TPSA) is 73.4 Å². The highest BCUT2D eigenvalue weighted by Gasteiger charge is 2.37. The van der Waals surface area contributed by atoms with E-state index in [1.165, 1.54) is 6.20 Å². The average molecular weight is 396 g/mol. The molecule has 4 rings (SSSR count). The van der Waals surface area contributed by atoms with Gasteiger partial charge in [0.25, 0.3) is 5.91 Å². The Morgan fingerprint density at radius 3 is 2.59 bits per heavy atom. The number of hydrogen-bond donors (Lipinski definition) is 2. The molecule has 3 aromatic rings. The lowest BCUT2D eigenvalue weighted by Gasteiger charge is -2.29. The minimum Gasteiger partial charge on any atom is -0.478 e. The van der Waals surface area contributed by atoms with Crippen LogP contribution in [0.3, 0.4) is 0 Å². The van der Waals surface area contributed by atoms with E-state index < -0.39 is 34.5 Å². The Labute approximate surface area is 165 Å². The number of para-hydroxylation sites is 1. The molecule has 0 spiro atoms. The summed E-state index contributed by atoms with van der Waals surface area (Å²) in [6.07, 6.45) is 1.19. The largest absolute Gasteiger partial charge is 0.478 e. The van der Waals surface area contributed by atoms with Gasteiger partial charge in [-0.05, 0) is 29.8 Å². The summed E-state index contributed by atoms with van der Waals surface area (Å²) >= 11 is 0. The zero-order valence-corrected chi connectivity index (χ0v) is 15.8. The van der Waals surface area contributed by atoms with Gasteiger partial charge in [-0.25, -0.2) is 13.6 Å². The summed E-state index contributed by atoms with van der Waals surface area (Å²) in [5.41, 5.74) is 0.718. The molecule has 1 aromatic heterocycles. The molecule has 0 unspecified atom stereocenters. The molecule has 2 aromatic carbocycles. The number of aromatic nitrogens is 1. The van der Waals surface area contributed by atoms with Crippen LogP contribution < -0.4 is 0 Å². The molecule has 2 N–H and O–H groups in total. The van der Waals surface area contributed by atoms with Crippen molar-refractivity contribution in [2.24, 2.45) is 0 Å². The van der Waals surface area contributed by atoms with Crippen molar-refractivity contribution in [3.05, 3.63) is 77.1 Å². The predicted octanol–water partition coefficient (Wildman–Crippen LogP) is 4.31. The Morgan fingerprint density at radius 2 is 1.86 bits per heavy atom. The molecular weight excluding hydrogens is 378 g/mol. The third-order valence-corrected chi connectivity index (χ3v) is 5.15. The zero-order chi connectivity index (χ0) is 20.9. The van der Waals surface area contributed by atoms with Crippen molar-refractivity contribution in [1.29, 1.82) is 0 Å². The number of fused-ring (bicyclic) bond motifs is 3. The number of hydrogen-bond acceptors (Lipinski definition) is 2. The number of rotatable bonds is 2. The fraction of sp³-hybridized carbons (Fsp3) is 0.182. The number of amides is 1. The Bertz CT molecular complexity index is 1190. The summed E-state index contributed by atoms with van der Waals surface area (Å²) in [4.78, 5) is 29.3. The maximum atomic E-state index is 14.2. The molecule has 1 aliphatic heterocycles. The molecule has 0 fully saturated rings. The molecule has 7 heteroatoms. The molecule has 1 amide bonds. The minimum atomic E-state index is -1.23. The van der Waals surface area contributed by atoms with Crippen molar-refractivity contribution in [2.75, 3.05) is 6.54 Å². The summed E-state index contributed by atoms with van der Waals surface area (Å²) in [6.45, 7) is 3.85. The summed E-state index contributed by atoms with van der Waals surface area (Å²) in [5.74, 6) is -3.65. The van der Waals surface area contributed by atoms with Crippen molar-refractivity contribution in [3.8, 4) is 0 Å². The van der Waals surface area contributed by atoms with Crippen LogP contribution in [-0.4, -0.2) is 33.4 Å².